The molecule has 0 fully saturated rings. The van der Waals surface area contributed by atoms with E-state index in [9.17, 15) is 14.9 Å². The van der Waals surface area contributed by atoms with Crippen molar-refractivity contribution in [1.82, 2.24) is 25.2 Å². The monoisotopic (exact) mass is 699 g/mol. The maximum Gasteiger partial charge on any atom is 0.311 e. The minimum Gasteiger partial charge on any atom is -0.305 e. The third-order valence-electron chi connectivity index (χ3n) is 9.51. The molecule has 5 aromatic carbocycles. The van der Waals surface area contributed by atoms with Crippen molar-refractivity contribution < 1.29 is 9.72 Å². The van der Waals surface area contributed by atoms with Gasteiger partial charge in [-0.1, -0.05) is 153 Å². The van der Waals surface area contributed by atoms with Crippen LogP contribution in [0.1, 0.15) is 42.0 Å². The minimum atomic E-state index is -0.899. The highest BCUT2D eigenvalue weighted by atomic mass is 16.6. The number of amides is 1. The fourth-order valence-corrected chi connectivity index (χ4v) is 7.05. The van der Waals surface area contributed by atoms with Gasteiger partial charge in [0, 0.05) is 23.7 Å². The Balaban J connectivity index is 1.25. The number of hydrogen-bond donors (Lipinski definition) is 1. The van der Waals surface area contributed by atoms with Crippen LogP contribution >= 0.6 is 0 Å². The van der Waals surface area contributed by atoms with E-state index in [2.05, 4.69) is 63.1 Å². The van der Waals surface area contributed by atoms with Gasteiger partial charge in [-0.15, -0.1) is 5.10 Å². The van der Waals surface area contributed by atoms with E-state index in [0.29, 0.717) is 18.7 Å². The summed E-state index contributed by atoms with van der Waals surface area (Å²) >= 11 is 0. The van der Waals surface area contributed by atoms with E-state index in [1.807, 2.05) is 109 Å². The first-order chi connectivity index (χ1) is 26.0. The van der Waals surface area contributed by atoms with Crippen LogP contribution < -0.4 is 5.32 Å². The van der Waals surface area contributed by atoms with Gasteiger partial charge in [-0.25, -0.2) is 9.67 Å². The molecule has 1 atom stereocenters. The van der Waals surface area contributed by atoms with Crippen LogP contribution in [0.25, 0.3) is 22.5 Å². The predicted molar refractivity (Wildman–Crippen MR) is 205 cm³/mol. The first kappa shape index (κ1) is 34.6. The molecular formula is C43H37N7O3. The largest absolute Gasteiger partial charge is 0.311 e. The molecule has 7 rings (SSSR count). The van der Waals surface area contributed by atoms with Gasteiger partial charge in [0.25, 0.3) is 0 Å². The van der Waals surface area contributed by atoms with Gasteiger partial charge in [0.2, 0.25) is 11.7 Å². The number of carbonyl (C=O) groups excluding carboxylic acids is 1. The van der Waals surface area contributed by atoms with Crippen LogP contribution in [0.5, 0.6) is 0 Å². The molecule has 2 heterocycles. The van der Waals surface area contributed by atoms with E-state index in [1.54, 1.807) is 0 Å². The first-order valence-corrected chi connectivity index (χ1v) is 17.5. The smallest absolute Gasteiger partial charge is 0.305 e. The van der Waals surface area contributed by atoms with Crippen molar-refractivity contribution in [3.8, 4) is 22.5 Å². The molecule has 0 bridgehead atoms. The Hall–Kier alpha value is -6.81. The summed E-state index contributed by atoms with van der Waals surface area (Å²) in [5.41, 5.74) is 5.63. The lowest BCUT2D eigenvalue weighted by molar-refractivity contribution is -0.384. The van der Waals surface area contributed by atoms with Crippen LogP contribution in [0.3, 0.4) is 0 Å². The highest BCUT2D eigenvalue weighted by Crippen LogP contribution is 2.43. The normalized spacial score (nSPS) is 11.9. The fourth-order valence-electron chi connectivity index (χ4n) is 7.05. The molecule has 0 radical (unpaired) electrons. The zero-order valence-electron chi connectivity index (χ0n) is 29.1. The molecule has 1 unspecified atom stereocenters. The quantitative estimate of drug-likeness (QED) is 0.0724. The number of pyridine rings is 1. The second-order valence-electron chi connectivity index (χ2n) is 12.8. The van der Waals surface area contributed by atoms with Crippen molar-refractivity contribution in [1.29, 1.82) is 0 Å². The lowest BCUT2D eigenvalue weighted by atomic mass is 9.77. The van der Waals surface area contributed by atoms with Crippen molar-refractivity contribution in [2.24, 2.45) is 5.92 Å². The summed E-state index contributed by atoms with van der Waals surface area (Å²) in [6.07, 6.45) is 3.29. The summed E-state index contributed by atoms with van der Waals surface area (Å²) in [6.45, 7) is 2.01. The number of nitrogens with zero attached hydrogens (tertiary/aromatic N) is 6. The summed E-state index contributed by atoms with van der Waals surface area (Å²) in [6, 6.07) is 49.9. The van der Waals surface area contributed by atoms with Crippen LogP contribution in [-0.4, -0.2) is 36.0 Å². The lowest BCUT2D eigenvalue weighted by Gasteiger charge is -2.36. The number of tetrazole rings is 1. The van der Waals surface area contributed by atoms with E-state index in [-0.39, 0.29) is 17.4 Å². The number of anilines is 1. The Morgan fingerprint density at radius 1 is 0.755 bits per heavy atom. The van der Waals surface area contributed by atoms with E-state index < -0.39 is 16.4 Å². The van der Waals surface area contributed by atoms with Crippen LogP contribution in [0, 0.1) is 16.0 Å². The van der Waals surface area contributed by atoms with Gasteiger partial charge < -0.3 is 5.32 Å². The van der Waals surface area contributed by atoms with Crippen molar-refractivity contribution in [2.45, 2.75) is 31.7 Å². The number of benzene rings is 5. The van der Waals surface area contributed by atoms with Crippen LogP contribution in [0.15, 0.2) is 158 Å². The topological polar surface area (TPSA) is 129 Å². The average Bonchev–Trinajstić information content (AvgIpc) is 3.70. The van der Waals surface area contributed by atoms with E-state index >= 15 is 0 Å². The number of carbonyl (C=O) groups is 1. The minimum absolute atomic E-state index is 0.0475. The van der Waals surface area contributed by atoms with Crippen molar-refractivity contribution in [3.63, 3.8) is 0 Å². The molecule has 10 nitrogen and oxygen atoms in total. The van der Waals surface area contributed by atoms with E-state index in [4.69, 9.17) is 5.21 Å². The number of nitrogens with one attached hydrogen (secondary N) is 1. The average molecular weight is 700 g/mol. The molecule has 0 aliphatic rings. The van der Waals surface area contributed by atoms with Gasteiger partial charge in [0.05, 0.1) is 4.92 Å². The Kier molecular flexibility index (Phi) is 10.2. The standard InChI is InChI=1S/C43H37N7O3/c1-2-15-33(42(51)45-40-39(50(52)53)24-14-29-44-40)30-31-25-27-32(28-26-31)37-22-12-13-23-38(37)41-46-47-48-49(41)43(34-16-6-3-7-17-34,35-18-8-4-9-19-35)36-20-10-5-11-21-36/h3-14,16-29,33H,2,15,30H2,1H3,(H,44,45,51). The van der Waals surface area contributed by atoms with Crippen molar-refractivity contribution in [3.05, 3.63) is 190 Å². The molecule has 1 N–H and O–H groups in total. The summed E-state index contributed by atoms with van der Waals surface area (Å²) in [5.74, 6) is -0.140. The number of nitro groups is 1. The summed E-state index contributed by atoms with van der Waals surface area (Å²) in [5, 5.41) is 27.9. The zero-order valence-corrected chi connectivity index (χ0v) is 29.1. The molecule has 262 valence electrons. The maximum atomic E-state index is 13.4. The molecule has 0 aliphatic carbocycles. The second kappa shape index (κ2) is 15.6. The highest BCUT2D eigenvalue weighted by Gasteiger charge is 2.42. The third kappa shape index (κ3) is 6.94. The van der Waals surface area contributed by atoms with Crippen molar-refractivity contribution >= 4 is 17.4 Å². The molecule has 10 heteroatoms. The van der Waals surface area contributed by atoms with Crippen LogP contribution in [-0.2, 0) is 16.8 Å². The van der Waals surface area contributed by atoms with Crippen molar-refractivity contribution in [2.75, 3.05) is 5.32 Å². The second-order valence-corrected chi connectivity index (χ2v) is 12.8. The fraction of sp³-hybridized carbons (Fsp3) is 0.140. The van der Waals surface area contributed by atoms with Gasteiger partial charge >= 0.3 is 5.69 Å². The molecule has 0 saturated heterocycles. The van der Waals surface area contributed by atoms with Gasteiger partial charge in [-0.05, 0) is 62.7 Å². The Morgan fingerprint density at radius 2 is 1.32 bits per heavy atom. The molecule has 0 spiro atoms. The first-order valence-electron chi connectivity index (χ1n) is 17.5. The Bertz CT molecular complexity index is 2220. The lowest BCUT2D eigenvalue weighted by Crippen LogP contribution is -2.39. The molecule has 2 aromatic heterocycles. The molecule has 1 amide bonds. The highest BCUT2D eigenvalue weighted by molar-refractivity contribution is 5.93. The van der Waals surface area contributed by atoms with Gasteiger partial charge in [-0.3, -0.25) is 14.9 Å². The number of hydrogen-bond acceptors (Lipinski definition) is 7. The molecular weight excluding hydrogens is 663 g/mol. The molecule has 0 aliphatic heterocycles. The summed E-state index contributed by atoms with van der Waals surface area (Å²) < 4.78 is 1.93. The van der Waals surface area contributed by atoms with Gasteiger partial charge in [0.1, 0.15) is 5.54 Å². The zero-order chi connectivity index (χ0) is 36.6. The predicted octanol–water partition coefficient (Wildman–Crippen LogP) is 8.75. The third-order valence-corrected chi connectivity index (χ3v) is 9.51. The van der Waals surface area contributed by atoms with Crippen LogP contribution in [0.4, 0.5) is 11.5 Å². The number of aromatic nitrogens is 5. The van der Waals surface area contributed by atoms with Crippen LogP contribution in [0.2, 0.25) is 0 Å². The van der Waals surface area contributed by atoms with E-state index in [0.717, 1.165) is 45.4 Å². The SMILES string of the molecule is CCCC(Cc1ccc(-c2ccccc2-c2nnnn2C(c2ccccc2)(c2ccccc2)c2ccccc2)cc1)C(=O)Nc1ncccc1[N+](=O)[O-]. The van der Waals surface area contributed by atoms with E-state index in [1.165, 1.54) is 18.3 Å². The Morgan fingerprint density at radius 3 is 1.89 bits per heavy atom. The molecule has 7 aromatic rings. The molecule has 0 saturated carbocycles. The maximum absolute atomic E-state index is 13.4. The van der Waals surface area contributed by atoms with Gasteiger partial charge in [-0.2, -0.15) is 0 Å². The van der Waals surface area contributed by atoms with Gasteiger partial charge in [0.15, 0.2) is 5.82 Å². The summed E-state index contributed by atoms with van der Waals surface area (Å²) in [7, 11) is 0. The summed E-state index contributed by atoms with van der Waals surface area (Å²) in [4.78, 5) is 28.4. The molecule has 53 heavy (non-hydrogen) atoms. The number of rotatable bonds is 13. The Labute approximate surface area is 307 Å².